The smallest absolute Gasteiger partial charge is 0.0999 e. The molecule has 0 aliphatic heterocycles. The van der Waals surface area contributed by atoms with E-state index in [1.54, 1.807) is 12.4 Å². The molecule has 2 rings (SSSR count). The lowest BCUT2D eigenvalue weighted by molar-refractivity contribution is 0.846. The van der Waals surface area contributed by atoms with Gasteiger partial charge in [0, 0.05) is 11.2 Å². The molecule has 1 heterocycles. The van der Waals surface area contributed by atoms with Gasteiger partial charge in [0.2, 0.25) is 0 Å². The predicted octanol–water partition coefficient (Wildman–Crippen LogP) is 4.29. The van der Waals surface area contributed by atoms with Crippen LogP contribution >= 0.6 is 11.6 Å². The van der Waals surface area contributed by atoms with Gasteiger partial charge in [-0.05, 0) is 35.8 Å². The fourth-order valence-corrected chi connectivity index (χ4v) is 1.98. The summed E-state index contributed by atoms with van der Waals surface area (Å²) >= 11 is 6.04. The molecule has 0 unspecified atom stereocenters. The van der Waals surface area contributed by atoms with E-state index in [0.29, 0.717) is 5.92 Å². The summed E-state index contributed by atoms with van der Waals surface area (Å²) in [5, 5.41) is 0.765. The van der Waals surface area contributed by atoms with Crippen molar-refractivity contribution >= 4 is 17.7 Å². The Morgan fingerprint density at radius 1 is 1.41 bits per heavy atom. The lowest BCUT2D eigenvalue weighted by atomic mass is 10.0. The van der Waals surface area contributed by atoms with E-state index in [1.165, 1.54) is 5.56 Å². The second-order valence-electron chi connectivity index (χ2n) is 4.27. The van der Waals surface area contributed by atoms with Crippen molar-refractivity contribution in [3.05, 3.63) is 53.6 Å². The highest BCUT2D eigenvalue weighted by Gasteiger charge is 2.09. The predicted molar refractivity (Wildman–Crippen MR) is 72.8 cm³/mol. The molecule has 0 N–H and O–H groups in total. The van der Waals surface area contributed by atoms with Gasteiger partial charge in [-0.2, -0.15) is 0 Å². The molecule has 0 saturated heterocycles. The molecule has 3 heteroatoms. The number of rotatable bonds is 3. The molecule has 0 spiro atoms. The van der Waals surface area contributed by atoms with Crippen LogP contribution in [0, 0.1) is 0 Å². The lowest BCUT2D eigenvalue weighted by Crippen LogP contribution is -1.99. The Balaban J connectivity index is 2.54. The highest BCUT2D eigenvalue weighted by atomic mass is 35.5. The van der Waals surface area contributed by atoms with Gasteiger partial charge < -0.3 is 4.57 Å². The summed E-state index contributed by atoms with van der Waals surface area (Å²) in [6.45, 7) is 8.02. The van der Waals surface area contributed by atoms with Crippen LogP contribution in [0.25, 0.3) is 11.8 Å². The topological polar surface area (TPSA) is 17.8 Å². The van der Waals surface area contributed by atoms with E-state index < -0.39 is 0 Å². The third-order valence-corrected chi connectivity index (χ3v) is 2.94. The summed E-state index contributed by atoms with van der Waals surface area (Å²) in [7, 11) is 0. The first kappa shape index (κ1) is 11.9. The molecular formula is C14H15ClN2. The molecule has 1 aromatic heterocycles. The van der Waals surface area contributed by atoms with Crippen LogP contribution in [0.3, 0.4) is 0 Å². The zero-order chi connectivity index (χ0) is 12.4. The van der Waals surface area contributed by atoms with Crippen molar-refractivity contribution in [1.82, 2.24) is 9.55 Å². The van der Waals surface area contributed by atoms with Gasteiger partial charge in [0.05, 0.1) is 17.7 Å². The van der Waals surface area contributed by atoms with E-state index in [0.717, 1.165) is 16.4 Å². The Morgan fingerprint density at radius 3 is 2.76 bits per heavy atom. The summed E-state index contributed by atoms with van der Waals surface area (Å²) in [6, 6.07) is 5.93. The molecule has 0 aliphatic carbocycles. The quantitative estimate of drug-likeness (QED) is 0.790. The van der Waals surface area contributed by atoms with Gasteiger partial charge >= 0.3 is 0 Å². The van der Waals surface area contributed by atoms with Gasteiger partial charge in [-0.15, -0.1) is 0 Å². The second kappa shape index (κ2) is 4.76. The second-order valence-corrected chi connectivity index (χ2v) is 4.70. The third-order valence-electron chi connectivity index (χ3n) is 2.70. The van der Waals surface area contributed by atoms with Gasteiger partial charge in [0.1, 0.15) is 0 Å². The standard InChI is InChI=1S/C14H15ClN2/c1-4-12-8-17(9-16-12)14-6-5-11(15)7-13(14)10(2)3/h4-10H,1H2,2-3H3. The number of hydrogen-bond donors (Lipinski definition) is 0. The van der Waals surface area contributed by atoms with Crippen LogP contribution < -0.4 is 0 Å². The molecule has 88 valence electrons. The minimum atomic E-state index is 0.415. The molecule has 0 atom stereocenters. The van der Waals surface area contributed by atoms with Gasteiger partial charge in [-0.1, -0.05) is 32.0 Å². The Bertz CT molecular complexity index is 541. The van der Waals surface area contributed by atoms with Crippen molar-refractivity contribution in [2.24, 2.45) is 0 Å². The highest BCUT2D eigenvalue weighted by molar-refractivity contribution is 6.30. The van der Waals surface area contributed by atoms with E-state index in [9.17, 15) is 0 Å². The normalized spacial score (nSPS) is 10.8. The molecule has 0 saturated carbocycles. The number of hydrogen-bond acceptors (Lipinski definition) is 1. The summed E-state index contributed by atoms with van der Waals surface area (Å²) in [5.74, 6) is 0.415. The minimum absolute atomic E-state index is 0.415. The number of nitrogens with zero attached hydrogens (tertiary/aromatic N) is 2. The zero-order valence-corrected chi connectivity index (χ0v) is 10.8. The third kappa shape index (κ3) is 2.42. The number of benzene rings is 1. The fraction of sp³-hybridized carbons (Fsp3) is 0.214. The number of halogens is 1. The molecule has 1 aromatic carbocycles. The Labute approximate surface area is 107 Å². The van der Waals surface area contributed by atoms with Gasteiger partial charge in [-0.3, -0.25) is 0 Å². The average Bonchev–Trinajstić information content (AvgIpc) is 2.77. The summed E-state index contributed by atoms with van der Waals surface area (Å²) in [4.78, 5) is 4.25. The van der Waals surface area contributed by atoms with Crippen LogP contribution in [0.15, 0.2) is 37.3 Å². The van der Waals surface area contributed by atoms with Crippen LogP contribution in [-0.2, 0) is 0 Å². The monoisotopic (exact) mass is 246 g/mol. The van der Waals surface area contributed by atoms with Crippen LogP contribution in [0.5, 0.6) is 0 Å². The number of imidazole rings is 1. The first-order valence-corrected chi connectivity index (χ1v) is 5.96. The highest BCUT2D eigenvalue weighted by Crippen LogP contribution is 2.26. The van der Waals surface area contributed by atoms with Crippen molar-refractivity contribution in [3.63, 3.8) is 0 Å². The molecule has 2 aromatic rings. The maximum absolute atomic E-state index is 6.04. The molecular weight excluding hydrogens is 232 g/mol. The van der Waals surface area contributed by atoms with Crippen molar-refractivity contribution < 1.29 is 0 Å². The lowest BCUT2D eigenvalue weighted by Gasteiger charge is -2.13. The van der Waals surface area contributed by atoms with Gasteiger partial charge in [0.25, 0.3) is 0 Å². The van der Waals surface area contributed by atoms with E-state index >= 15 is 0 Å². The average molecular weight is 247 g/mol. The van der Waals surface area contributed by atoms with Crippen molar-refractivity contribution in [2.75, 3.05) is 0 Å². The molecule has 2 nitrogen and oxygen atoms in total. The van der Waals surface area contributed by atoms with Crippen molar-refractivity contribution in [2.45, 2.75) is 19.8 Å². The van der Waals surface area contributed by atoms with Crippen LogP contribution in [0.1, 0.15) is 31.0 Å². The summed E-state index contributed by atoms with van der Waals surface area (Å²) in [6.07, 6.45) is 5.50. The molecule has 17 heavy (non-hydrogen) atoms. The van der Waals surface area contributed by atoms with Crippen LogP contribution in [0.4, 0.5) is 0 Å². The summed E-state index contributed by atoms with van der Waals surface area (Å²) < 4.78 is 2.00. The maximum atomic E-state index is 6.04. The van der Waals surface area contributed by atoms with E-state index in [2.05, 4.69) is 25.4 Å². The molecule has 0 radical (unpaired) electrons. The van der Waals surface area contributed by atoms with E-state index in [-0.39, 0.29) is 0 Å². The summed E-state index contributed by atoms with van der Waals surface area (Å²) in [5.41, 5.74) is 3.20. The SMILES string of the molecule is C=Cc1cn(-c2ccc(Cl)cc2C(C)C)cn1. The molecule has 0 bridgehead atoms. The number of aromatic nitrogens is 2. The van der Waals surface area contributed by atoms with E-state index in [4.69, 9.17) is 11.6 Å². The molecule has 0 fully saturated rings. The van der Waals surface area contributed by atoms with Gasteiger partial charge in [-0.25, -0.2) is 4.98 Å². The Morgan fingerprint density at radius 2 is 2.18 bits per heavy atom. The molecule has 0 amide bonds. The Kier molecular flexibility index (Phi) is 3.34. The van der Waals surface area contributed by atoms with E-state index in [1.807, 2.05) is 29.0 Å². The van der Waals surface area contributed by atoms with Crippen LogP contribution in [-0.4, -0.2) is 9.55 Å². The maximum Gasteiger partial charge on any atom is 0.0999 e. The first-order chi connectivity index (χ1) is 8.11. The van der Waals surface area contributed by atoms with Crippen molar-refractivity contribution in [3.8, 4) is 5.69 Å². The van der Waals surface area contributed by atoms with Crippen LogP contribution in [0.2, 0.25) is 5.02 Å². The fourth-order valence-electron chi connectivity index (χ4n) is 1.80. The largest absolute Gasteiger partial charge is 0.305 e. The molecule has 0 aliphatic rings. The minimum Gasteiger partial charge on any atom is -0.305 e. The van der Waals surface area contributed by atoms with Crippen molar-refractivity contribution in [1.29, 1.82) is 0 Å². The zero-order valence-electron chi connectivity index (χ0n) is 10.0. The Hall–Kier alpha value is -1.54. The first-order valence-electron chi connectivity index (χ1n) is 5.58. The van der Waals surface area contributed by atoms with Gasteiger partial charge in [0.15, 0.2) is 0 Å².